The molecule has 0 aliphatic carbocycles. The van der Waals surface area contributed by atoms with Crippen LogP contribution >= 0.6 is 24.2 Å². The lowest BCUT2D eigenvalue weighted by Gasteiger charge is -2.13. The van der Waals surface area contributed by atoms with E-state index >= 15 is 0 Å². The van der Waals surface area contributed by atoms with Crippen LogP contribution in [0.15, 0.2) is 29.3 Å². The molecule has 2 rings (SSSR count). The van der Waals surface area contributed by atoms with Crippen LogP contribution in [-0.2, 0) is 0 Å². The maximum absolute atomic E-state index is 12.7. The predicted octanol–water partition coefficient (Wildman–Crippen LogP) is 2.90. The van der Waals surface area contributed by atoms with Gasteiger partial charge in [0.1, 0.15) is 5.82 Å². The number of ketones is 1. The Labute approximate surface area is 122 Å². The first kappa shape index (κ1) is 16.0. The molecule has 1 heterocycles. The van der Waals surface area contributed by atoms with Crippen molar-refractivity contribution in [2.45, 2.75) is 12.8 Å². The minimum atomic E-state index is -0.318. The Balaban J connectivity index is 0.00000180. The normalized spacial score (nSPS) is 14.1. The van der Waals surface area contributed by atoms with Crippen LogP contribution in [0.1, 0.15) is 23.2 Å². The summed E-state index contributed by atoms with van der Waals surface area (Å²) in [6, 6.07) is 5.68. The summed E-state index contributed by atoms with van der Waals surface area (Å²) in [5, 5.41) is 4.12. The molecule has 0 unspecified atom stereocenters. The van der Waals surface area contributed by atoms with Gasteiger partial charge in [-0.05, 0) is 30.7 Å². The topological polar surface area (TPSA) is 41.5 Å². The third kappa shape index (κ3) is 5.20. The Morgan fingerprint density at radius 1 is 1.37 bits per heavy atom. The summed E-state index contributed by atoms with van der Waals surface area (Å²) in [5.41, 5.74) is 0.565. The number of halogens is 2. The van der Waals surface area contributed by atoms with Crippen molar-refractivity contribution in [2.75, 3.05) is 18.8 Å². The van der Waals surface area contributed by atoms with Crippen molar-refractivity contribution < 1.29 is 9.18 Å². The van der Waals surface area contributed by atoms with Crippen LogP contribution in [0.3, 0.4) is 0 Å². The van der Waals surface area contributed by atoms with Crippen molar-refractivity contribution in [2.24, 2.45) is 4.99 Å². The van der Waals surface area contributed by atoms with E-state index in [-0.39, 0.29) is 24.0 Å². The highest BCUT2D eigenvalue weighted by molar-refractivity contribution is 8.13. The average Bonchev–Trinajstić information content (AvgIpc) is 2.40. The number of aliphatic imine (C=N–C) groups is 1. The molecule has 104 valence electrons. The molecule has 0 spiro atoms. The summed E-state index contributed by atoms with van der Waals surface area (Å²) >= 11 is 1.57. The second kappa shape index (κ2) is 8.17. The number of rotatable bonds is 4. The Morgan fingerprint density at radius 3 is 2.74 bits per heavy atom. The second-order valence-corrected chi connectivity index (χ2v) is 5.08. The van der Waals surface area contributed by atoms with E-state index in [1.54, 1.807) is 11.8 Å². The van der Waals surface area contributed by atoms with Crippen LogP contribution in [0, 0.1) is 5.82 Å². The number of hydrogen-bond acceptors (Lipinski definition) is 4. The molecule has 1 aliphatic rings. The molecule has 0 saturated heterocycles. The molecular weight excluding hydrogens is 287 g/mol. The Hall–Kier alpha value is -1.07. The first-order valence-electron chi connectivity index (χ1n) is 5.95. The van der Waals surface area contributed by atoms with E-state index in [2.05, 4.69) is 10.3 Å². The smallest absolute Gasteiger partial charge is 0.163 e. The van der Waals surface area contributed by atoms with Crippen molar-refractivity contribution in [3.8, 4) is 0 Å². The van der Waals surface area contributed by atoms with Gasteiger partial charge in [-0.2, -0.15) is 0 Å². The molecule has 0 atom stereocenters. The van der Waals surface area contributed by atoms with E-state index in [4.69, 9.17) is 0 Å². The van der Waals surface area contributed by atoms with Crippen LogP contribution < -0.4 is 5.32 Å². The number of Topliss-reactive ketones (excluding diaryl/α,β-unsaturated/α-hetero) is 1. The lowest BCUT2D eigenvalue weighted by molar-refractivity contribution is 0.0989. The van der Waals surface area contributed by atoms with Gasteiger partial charge < -0.3 is 5.32 Å². The number of nitrogens with zero attached hydrogens (tertiary/aromatic N) is 1. The summed E-state index contributed by atoms with van der Waals surface area (Å²) in [6.45, 7) is 1.82. The third-order valence-electron chi connectivity index (χ3n) is 2.60. The number of amidine groups is 1. The zero-order valence-electron chi connectivity index (χ0n) is 10.4. The lowest BCUT2D eigenvalue weighted by atomic mass is 10.1. The maximum Gasteiger partial charge on any atom is 0.163 e. The van der Waals surface area contributed by atoms with Crippen molar-refractivity contribution in [3.63, 3.8) is 0 Å². The van der Waals surface area contributed by atoms with E-state index in [0.29, 0.717) is 17.7 Å². The quantitative estimate of drug-likeness (QED) is 0.870. The van der Waals surface area contributed by atoms with E-state index in [1.165, 1.54) is 24.3 Å². The van der Waals surface area contributed by atoms with Crippen LogP contribution in [0.25, 0.3) is 0 Å². The number of thioether (sulfide) groups is 1. The highest BCUT2D eigenvalue weighted by Gasteiger charge is 2.08. The molecule has 0 aromatic heterocycles. The van der Waals surface area contributed by atoms with Gasteiger partial charge in [-0.1, -0.05) is 11.8 Å². The van der Waals surface area contributed by atoms with Gasteiger partial charge >= 0.3 is 0 Å². The van der Waals surface area contributed by atoms with Crippen LogP contribution in [-0.4, -0.2) is 29.8 Å². The standard InChI is InChI=1S/C13H15FN2OS.ClH/c14-11-4-2-10(3-5-11)12(17)6-9-18-13-15-7-1-8-16-13;/h2-5H,1,6-9H2,(H,15,16);1H. The predicted molar refractivity (Wildman–Crippen MR) is 80.0 cm³/mol. The van der Waals surface area contributed by atoms with Gasteiger partial charge in [-0.15, -0.1) is 12.4 Å². The number of nitrogens with one attached hydrogen (secondary N) is 1. The molecule has 0 fully saturated rings. The van der Waals surface area contributed by atoms with E-state index < -0.39 is 0 Å². The zero-order chi connectivity index (χ0) is 12.8. The van der Waals surface area contributed by atoms with Crippen LogP contribution in [0.5, 0.6) is 0 Å². The van der Waals surface area contributed by atoms with Gasteiger partial charge in [-0.3, -0.25) is 9.79 Å². The van der Waals surface area contributed by atoms with E-state index in [0.717, 1.165) is 24.7 Å². The largest absolute Gasteiger partial charge is 0.365 e. The summed E-state index contributed by atoms with van der Waals surface area (Å²) in [4.78, 5) is 16.1. The summed E-state index contributed by atoms with van der Waals surface area (Å²) in [7, 11) is 0. The molecule has 0 saturated carbocycles. The van der Waals surface area contributed by atoms with Crippen molar-refractivity contribution in [1.82, 2.24) is 5.32 Å². The fourth-order valence-corrected chi connectivity index (χ4v) is 2.50. The molecule has 6 heteroatoms. The highest BCUT2D eigenvalue weighted by atomic mass is 35.5. The SMILES string of the molecule is Cl.O=C(CCSC1=NCCCN1)c1ccc(F)cc1. The van der Waals surface area contributed by atoms with Crippen LogP contribution in [0.2, 0.25) is 0 Å². The number of hydrogen-bond donors (Lipinski definition) is 1. The average molecular weight is 303 g/mol. The minimum Gasteiger partial charge on any atom is -0.365 e. The zero-order valence-corrected chi connectivity index (χ0v) is 12.0. The number of carbonyl (C=O) groups excluding carboxylic acids is 1. The van der Waals surface area contributed by atoms with Gasteiger partial charge in [0.25, 0.3) is 0 Å². The molecule has 0 amide bonds. The molecule has 1 N–H and O–H groups in total. The van der Waals surface area contributed by atoms with Gasteiger partial charge in [0.05, 0.1) is 0 Å². The molecule has 19 heavy (non-hydrogen) atoms. The fraction of sp³-hybridized carbons (Fsp3) is 0.385. The van der Waals surface area contributed by atoms with E-state index in [1.807, 2.05) is 0 Å². The summed E-state index contributed by atoms with van der Waals surface area (Å²) in [6.07, 6.45) is 1.51. The molecule has 1 aromatic rings. The van der Waals surface area contributed by atoms with Crippen molar-refractivity contribution in [3.05, 3.63) is 35.6 Å². The Kier molecular flexibility index (Phi) is 6.87. The molecule has 0 bridgehead atoms. The minimum absolute atomic E-state index is 0. The monoisotopic (exact) mass is 302 g/mol. The fourth-order valence-electron chi connectivity index (χ4n) is 1.63. The number of carbonyl (C=O) groups is 1. The molecule has 0 radical (unpaired) electrons. The summed E-state index contributed by atoms with van der Waals surface area (Å²) in [5.74, 6) is 0.419. The lowest BCUT2D eigenvalue weighted by Crippen LogP contribution is -2.27. The van der Waals surface area contributed by atoms with Gasteiger partial charge in [0.15, 0.2) is 11.0 Å². The maximum atomic E-state index is 12.7. The first-order chi connectivity index (χ1) is 8.75. The van der Waals surface area contributed by atoms with E-state index in [9.17, 15) is 9.18 Å². The first-order valence-corrected chi connectivity index (χ1v) is 6.94. The highest BCUT2D eigenvalue weighted by Crippen LogP contribution is 2.11. The molecule has 1 aromatic carbocycles. The molecule has 1 aliphatic heterocycles. The van der Waals surface area contributed by atoms with Crippen LogP contribution in [0.4, 0.5) is 4.39 Å². The molecule has 3 nitrogen and oxygen atoms in total. The van der Waals surface area contributed by atoms with Gasteiger partial charge in [0, 0.05) is 30.8 Å². The van der Waals surface area contributed by atoms with Gasteiger partial charge in [-0.25, -0.2) is 4.39 Å². The third-order valence-corrected chi connectivity index (χ3v) is 3.56. The second-order valence-electron chi connectivity index (χ2n) is 4.00. The number of benzene rings is 1. The van der Waals surface area contributed by atoms with Gasteiger partial charge in [0.2, 0.25) is 0 Å². The molecular formula is C13H16ClFN2OS. The summed E-state index contributed by atoms with van der Waals surface area (Å²) < 4.78 is 12.7. The van der Waals surface area contributed by atoms with Crippen molar-refractivity contribution >= 4 is 35.1 Å². The Bertz CT molecular complexity index is 450. The van der Waals surface area contributed by atoms with Crippen molar-refractivity contribution in [1.29, 1.82) is 0 Å². The Morgan fingerprint density at radius 2 is 2.11 bits per heavy atom.